The molecular weight excluding hydrogens is 200 g/mol. The average molecular weight is 212 g/mol. The maximum atomic E-state index is 8.97. The van der Waals surface area contributed by atoms with Crippen LogP contribution < -0.4 is 5.73 Å². The zero-order chi connectivity index (χ0) is 11.4. The number of hydrogen-bond donors (Lipinski definition) is 1. The normalized spacial score (nSPS) is 12.0. The minimum atomic E-state index is -0.00681. The molecule has 2 aromatic heterocycles. The van der Waals surface area contributed by atoms with Crippen molar-refractivity contribution in [2.75, 3.05) is 6.54 Å². The van der Waals surface area contributed by atoms with Gasteiger partial charge in [0.25, 0.3) is 0 Å². The molecule has 0 amide bonds. The Morgan fingerprint density at radius 3 is 2.75 bits per heavy atom. The summed E-state index contributed by atoms with van der Waals surface area (Å²) in [6.07, 6.45) is 5.33. The molecule has 0 aliphatic rings. The van der Waals surface area contributed by atoms with Gasteiger partial charge in [-0.05, 0) is 29.8 Å². The summed E-state index contributed by atoms with van der Waals surface area (Å²) < 4.78 is 1.88. The minimum absolute atomic E-state index is 0.00681. The number of nitrogens with zero attached hydrogens (tertiary/aromatic N) is 3. The van der Waals surface area contributed by atoms with E-state index in [1.807, 2.05) is 29.0 Å². The van der Waals surface area contributed by atoms with Crippen molar-refractivity contribution < 1.29 is 0 Å². The highest BCUT2D eigenvalue weighted by atomic mass is 15.0. The molecule has 1 atom stereocenters. The molecule has 0 saturated heterocycles. The largest absolute Gasteiger partial charge is 0.331 e. The molecule has 0 saturated carbocycles. The molecule has 2 aromatic rings. The Kier molecular flexibility index (Phi) is 2.99. The summed E-state index contributed by atoms with van der Waals surface area (Å²) in [6, 6.07) is 9.61. The lowest BCUT2D eigenvalue weighted by molar-refractivity contribution is 0.591. The van der Waals surface area contributed by atoms with Crippen molar-refractivity contribution in [1.82, 2.24) is 9.55 Å². The summed E-state index contributed by atoms with van der Waals surface area (Å²) in [5, 5.41) is 8.97. The van der Waals surface area contributed by atoms with E-state index in [-0.39, 0.29) is 6.04 Å². The third-order valence-corrected chi connectivity index (χ3v) is 2.54. The lowest BCUT2D eigenvalue weighted by Gasteiger charge is -2.18. The van der Waals surface area contributed by atoms with Gasteiger partial charge in [0.1, 0.15) is 11.8 Å². The van der Waals surface area contributed by atoms with E-state index >= 15 is 0 Å². The van der Waals surface area contributed by atoms with Crippen LogP contribution in [0.5, 0.6) is 0 Å². The Hall–Kier alpha value is -2.12. The molecule has 0 spiro atoms. The molecule has 0 radical (unpaired) electrons. The van der Waals surface area contributed by atoms with E-state index in [9.17, 15) is 0 Å². The van der Waals surface area contributed by atoms with Gasteiger partial charge in [0.2, 0.25) is 0 Å². The Balaban J connectivity index is 2.42. The van der Waals surface area contributed by atoms with Gasteiger partial charge < -0.3 is 10.3 Å². The van der Waals surface area contributed by atoms with Crippen molar-refractivity contribution in [2.45, 2.75) is 6.04 Å². The van der Waals surface area contributed by atoms with Gasteiger partial charge in [-0.1, -0.05) is 0 Å². The molecule has 2 rings (SSSR count). The average Bonchev–Trinajstić information content (AvgIpc) is 2.80. The molecule has 16 heavy (non-hydrogen) atoms. The highest BCUT2D eigenvalue weighted by Gasteiger charge is 2.13. The SMILES string of the molecule is N#Cc1cccn1C(CN)c1ccncc1. The van der Waals surface area contributed by atoms with Gasteiger partial charge in [-0.25, -0.2) is 0 Å². The number of nitrogens with two attached hydrogens (primary N) is 1. The Morgan fingerprint density at radius 2 is 2.12 bits per heavy atom. The first-order valence-electron chi connectivity index (χ1n) is 5.03. The molecule has 80 valence electrons. The van der Waals surface area contributed by atoms with E-state index in [1.54, 1.807) is 18.5 Å². The lowest BCUT2D eigenvalue weighted by Crippen LogP contribution is -2.20. The van der Waals surface area contributed by atoms with E-state index in [0.29, 0.717) is 12.2 Å². The molecule has 2 N–H and O–H groups in total. The number of aromatic nitrogens is 2. The topological polar surface area (TPSA) is 67.6 Å². The van der Waals surface area contributed by atoms with Crippen LogP contribution in [-0.2, 0) is 0 Å². The molecular formula is C12H12N4. The summed E-state index contributed by atoms with van der Waals surface area (Å²) in [5.74, 6) is 0. The minimum Gasteiger partial charge on any atom is -0.331 e. The maximum absolute atomic E-state index is 8.97. The molecule has 0 aliphatic carbocycles. The van der Waals surface area contributed by atoms with Crippen LogP contribution in [0.15, 0.2) is 42.9 Å². The second-order valence-electron chi connectivity index (χ2n) is 3.44. The fourth-order valence-electron chi connectivity index (χ4n) is 1.76. The first-order valence-corrected chi connectivity index (χ1v) is 5.03. The Morgan fingerprint density at radius 1 is 1.38 bits per heavy atom. The summed E-state index contributed by atoms with van der Waals surface area (Å²) in [5.41, 5.74) is 7.45. The summed E-state index contributed by atoms with van der Waals surface area (Å²) in [4.78, 5) is 3.97. The first kappa shape index (κ1) is 10.4. The second-order valence-corrected chi connectivity index (χ2v) is 3.44. The second kappa shape index (κ2) is 4.60. The molecule has 1 unspecified atom stereocenters. The molecule has 2 heterocycles. The van der Waals surface area contributed by atoms with Crippen LogP contribution in [0, 0.1) is 11.3 Å². The van der Waals surface area contributed by atoms with Crippen molar-refractivity contribution in [3.63, 3.8) is 0 Å². The Labute approximate surface area is 94.0 Å². The molecule has 4 heteroatoms. The van der Waals surface area contributed by atoms with Gasteiger partial charge in [0, 0.05) is 25.1 Å². The van der Waals surface area contributed by atoms with Gasteiger partial charge >= 0.3 is 0 Å². The van der Waals surface area contributed by atoms with Crippen LogP contribution in [0.4, 0.5) is 0 Å². The number of pyridine rings is 1. The smallest absolute Gasteiger partial charge is 0.120 e. The first-order chi connectivity index (χ1) is 7.86. The van der Waals surface area contributed by atoms with Crippen molar-refractivity contribution in [3.05, 3.63) is 54.1 Å². The maximum Gasteiger partial charge on any atom is 0.120 e. The molecule has 4 nitrogen and oxygen atoms in total. The highest BCUT2D eigenvalue weighted by Crippen LogP contribution is 2.18. The number of nitriles is 1. The highest BCUT2D eigenvalue weighted by molar-refractivity contribution is 5.27. The van der Waals surface area contributed by atoms with Crippen molar-refractivity contribution >= 4 is 0 Å². The van der Waals surface area contributed by atoms with E-state index in [0.717, 1.165) is 5.56 Å². The third kappa shape index (κ3) is 1.81. The summed E-state index contributed by atoms with van der Waals surface area (Å²) in [6.45, 7) is 0.452. The van der Waals surface area contributed by atoms with Crippen LogP contribution in [0.2, 0.25) is 0 Å². The van der Waals surface area contributed by atoms with Crippen LogP contribution in [-0.4, -0.2) is 16.1 Å². The predicted octanol–water partition coefficient (Wildman–Crippen LogP) is 1.30. The van der Waals surface area contributed by atoms with Gasteiger partial charge in [-0.2, -0.15) is 5.26 Å². The monoisotopic (exact) mass is 212 g/mol. The van der Waals surface area contributed by atoms with Gasteiger partial charge in [-0.15, -0.1) is 0 Å². The summed E-state index contributed by atoms with van der Waals surface area (Å²) in [7, 11) is 0. The molecule has 0 aromatic carbocycles. The van der Waals surface area contributed by atoms with Crippen molar-refractivity contribution in [2.24, 2.45) is 5.73 Å². The molecule has 0 fully saturated rings. The third-order valence-electron chi connectivity index (χ3n) is 2.54. The van der Waals surface area contributed by atoms with E-state index in [1.165, 1.54) is 0 Å². The van der Waals surface area contributed by atoms with Crippen molar-refractivity contribution in [3.8, 4) is 6.07 Å². The van der Waals surface area contributed by atoms with Gasteiger partial charge in [0.05, 0.1) is 6.04 Å². The van der Waals surface area contributed by atoms with Crippen LogP contribution >= 0.6 is 0 Å². The Bertz CT molecular complexity index is 495. The lowest BCUT2D eigenvalue weighted by atomic mass is 10.1. The van der Waals surface area contributed by atoms with Gasteiger partial charge in [-0.3, -0.25) is 4.98 Å². The van der Waals surface area contributed by atoms with E-state index in [4.69, 9.17) is 11.0 Å². The van der Waals surface area contributed by atoms with Crippen LogP contribution in [0.25, 0.3) is 0 Å². The van der Waals surface area contributed by atoms with E-state index < -0.39 is 0 Å². The van der Waals surface area contributed by atoms with E-state index in [2.05, 4.69) is 11.1 Å². The quantitative estimate of drug-likeness (QED) is 0.833. The fourth-order valence-corrected chi connectivity index (χ4v) is 1.76. The van der Waals surface area contributed by atoms with Gasteiger partial charge in [0.15, 0.2) is 0 Å². The molecule has 0 aliphatic heterocycles. The zero-order valence-electron chi connectivity index (χ0n) is 8.74. The summed E-state index contributed by atoms with van der Waals surface area (Å²) >= 11 is 0. The number of hydrogen-bond acceptors (Lipinski definition) is 3. The predicted molar refractivity (Wildman–Crippen MR) is 60.6 cm³/mol. The zero-order valence-corrected chi connectivity index (χ0v) is 8.74. The number of rotatable bonds is 3. The van der Waals surface area contributed by atoms with Crippen LogP contribution in [0.3, 0.4) is 0 Å². The molecule has 0 bridgehead atoms. The van der Waals surface area contributed by atoms with Crippen molar-refractivity contribution in [1.29, 1.82) is 5.26 Å². The fraction of sp³-hybridized carbons (Fsp3) is 0.167. The standard InChI is InChI=1S/C12H12N4/c13-8-11-2-1-7-16(11)12(9-14)10-3-5-15-6-4-10/h1-7,12H,9,14H2. The van der Waals surface area contributed by atoms with Crippen LogP contribution in [0.1, 0.15) is 17.3 Å².